The fourth-order valence-corrected chi connectivity index (χ4v) is 1.41. The van der Waals surface area contributed by atoms with Crippen LogP contribution >= 0.6 is 26.6 Å². The molecule has 13 heavy (non-hydrogen) atoms. The average molecular weight is 280 g/mol. The highest BCUT2D eigenvalue weighted by Crippen LogP contribution is 2.14. The molecule has 1 aromatic carbocycles. The molecule has 0 N–H and O–H groups in total. The topological polar surface area (TPSA) is 34.1 Å². The predicted octanol–water partition coefficient (Wildman–Crippen LogP) is 2.33. The first-order valence-electron chi connectivity index (χ1n) is 3.21. The first kappa shape index (κ1) is 10.6. The summed E-state index contributed by atoms with van der Waals surface area (Å²) in [5.41, 5.74) is 0.590. The highest BCUT2D eigenvalue weighted by atomic mass is 79.9. The van der Waals surface area contributed by atoms with E-state index >= 15 is 0 Å². The predicted molar refractivity (Wildman–Crippen MR) is 55.8 cm³/mol. The van der Waals surface area contributed by atoms with Gasteiger partial charge >= 0.3 is 9.05 Å². The second kappa shape index (κ2) is 4.14. The van der Waals surface area contributed by atoms with E-state index in [-0.39, 0.29) is 0 Å². The minimum Gasteiger partial charge on any atom is -0.198 e. The first-order valence-corrected chi connectivity index (χ1v) is 6.31. The molecule has 5 heteroatoms. The number of halogens is 2. The summed E-state index contributed by atoms with van der Waals surface area (Å²) >= 11 is 3.22. The maximum atomic E-state index is 10.5. The monoisotopic (exact) mass is 278 g/mol. The zero-order valence-corrected chi connectivity index (χ0v) is 9.45. The van der Waals surface area contributed by atoms with Crippen LogP contribution in [0.25, 0.3) is 0 Å². The molecule has 0 aliphatic heterocycles. The SMILES string of the molecule is O=S(=O)(Cl)C#Cc1ccccc1Br. The zero-order chi connectivity index (χ0) is 9.90. The average Bonchev–Trinajstić information content (AvgIpc) is 2.01. The van der Waals surface area contributed by atoms with Crippen LogP contribution in [-0.2, 0) is 9.05 Å². The summed E-state index contributed by atoms with van der Waals surface area (Å²) in [5, 5.41) is 1.94. The van der Waals surface area contributed by atoms with Gasteiger partial charge in [0.2, 0.25) is 0 Å². The largest absolute Gasteiger partial charge is 0.301 e. The summed E-state index contributed by atoms with van der Waals surface area (Å²) in [5.74, 6) is 2.44. The smallest absolute Gasteiger partial charge is 0.198 e. The number of hydrogen-bond acceptors (Lipinski definition) is 2. The third kappa shape index (κ3) is 3.81. The highest BCUT2D eigenvalue weighted by molar-refractivity contribution is 9.10. The Labute approximate surface area is 89.5 Å². The summed E-state index contributed by atoms with van der Waals surface area (Å²) in [6.45, 7) is 0. The van der Waals surface area contributed by atoms with E-state index in [1.165, 1.54) is 0 Å². The van der Waals surface area contributed by atoms with Crippen LogP contribution in [0, 0.1) is 11.2 Å². The fraction of sp³-hybridized carbons (Fsp3) is 0. The zero-order valence-electron chi connectivity index (χ0n) is 6.29. The fourth-order valence-electron chi connectivity index (χ4n) is 0.679. The highest BCUT2D eigenvalue weighted by Gasteiger charge is 1.97. The normalized spacial score (nSPS) is 10.3. The number of rotatable bonds is 0. The molecule has 0 spiro atoms. The molecule has 68 valence electrons. The Balaban J connectivity index is 3.11. The summed E-state index contributed by atoms with van der Waals surface area (Å²) in [7, 11) is 1.17. The van der Waals surface area contributed by atoms with Crippen molar-refractivity contribution in [1.82, 2.24) is 0 Å². The third-order valence-electron chi connectivity index (χ3n) is 1.18. The molecule has 0 saturated heterocycles. The lowest BCUT2D eigenvalue weighted by Crippen LogP contribution is -1.81. The van der Waals surface area contributed by atoms with Crippen molar-refractivity contribution in [3.8, 4) is 11.2 Å². The Kier molecular flexibility index (Phi) is 3.37. The molecule has 0 saturated carbocycles. The molecule has 0 heterocycles. The van der Waals surface area contributed by atoms with Gasteiger partial charge in [0.1, 0.15) is 0 Å². The summed E-state index contributed by atoms with van der Waals surface area (Å²) in [4.78, 5) is 0. The second-order valence-electron chi connectivity index (χ2n) is 2.14. The van der Waals surface area contributed by atoms with Gasteiger partial charge in [-0.3, -0.25) is 0 Å². The molecule has 2 nitrogen and oxygen atoms in total. The molecule has 0 aromatic heterocycles. The Morgan fingerprint density at radius 3 is 2.46 bits per heavy atom. The van der Waals surface area contributed by atoms with Gasteiger partial charge in [-0.15, -0.1) is 0 Å². The van der Waals surface area contributed by atoms with Crippen molar-refractivity contribution in [2.24, 2.45) is 0 Å². The molecule has 0 amide bonds. The Hall–Kier alpha value is -0.500. The second-order valence-corrected chi connectivity index (χ2v) is 5.30. The van der Waals surface area contributed by atoms with Crippen molar-refractivity contribution in [3.63, 3.8) is 0 Å². The van der Waals surface area contributed by atoms with E-state index in [1.807, 2.05) is 11.3 Å². The van der Waals surface area contributed by atoms with E-state index in [2.05, 4.69) is 21.9 Å². The van der Waals surface area contributed by atoms with Crippen LogP contribution in [0.4, 0.5) is 0 Å². The molecule has 0 aliphatic rings. The van der Waals surface area contributed by atoms with Gasteiger partial charge in [0.15, 0.2) is 0 Å². The number of hydrogen-bond donors (Lipinski definition) is 0. The molecule has 0 radical (unpaired) electrons. The van der Waals surface area contributed by atoms with E-state index in [9.17, 15) is 8.42 Å². The Morgan fingerprint density at radius 2 is 1.92 bits per heavy atom. The van der Waals surface area contributed by atoms with E-state index in [0.29, 0.717) is 5.56 Å². The van der Waals surface area contributed by atoms with E-state index in [4.69, 9.17) is 10.7 Å². The van der Waals surface area contributed by atoms with Crippen molar-refractivity contribution < 1.29 is 8.42 Å². The van der Waals surface area contributed by atoms with Crippen molar-refractivity contribution in [2.75, 3.05) is 0 Å². The van der Waals surface area contributed by atoms with Crippen LogP contribution in [0.5, 0.6) is 0 Å². The molecule has 0 unspecified atom stereocenters. The quantitative estimate of drug-likeness (QED) is 0.539. The summed E-state index contributed by atoms with van der Waals surface area (Å²) in [6, 6.07) is 7.03. The van der Waals surface area contributed by atoms with Gasteiger partial charge in [0, 0.05) is 26.0 Å². The molecular formula is C8H4BrClO2S. The lowest BCUT2D eigenvalue weighted by molar-refractivity contribution is 0.618. The van der Waals surface area contributed by atoms with Crippen molar-refractivity contribution in [3.05, 3.63) is 34.3 Å². The van der Waals surface area contributed by atoms with Crippen LogP contribution in [0.1, 0.15) is 5.56 Å². The van der Waals surface area contributed by atoms with Crippen LogP contribution in [0.15, 0.2) is 28.7 Å². The van der Waals surface area contributed by atoms with Crippen molar-refractivity contribution >= 4 is 35.7 Å². The van der Waals surface area contributed by atoms with Crippen LogP contribution in [0.2, 0.25) is 0 Å². The minimum absolute atomic E-state index is 0.590. The molecule has 1 rings (SSSR count). The van der Waals surface area contributed by atoms with Crippen molar-refractivity contribution in [1.29, 1.82) is 0 Å². The van der Waals surface area contributed by atoms with Gasteiger partial charge in [0.05, 0.1) is 0 Å². The first-order chi connectivity index (χ1) is 5.99. The third-order valence-corrected chi connectivity index (χ3v) is 2.45. The van der Waals surface area contributed by atoms with Gasteiger partial charge in [-0.1, -0.05) is 12.1 Å². The lowest BCUT2D eigenvalue weighted by atomic mass is 10.2. The summed E-state index contributed by atoms with van der Waals surface area (Å²) < 4.78 is 21.7. The van der Waals surface area contributed by atoms with Gasteiger partial charge in [-0.2, -0.15) is 8.42 Å². The number of benzene rings is 1. The van der Waals surface area contributed by atoms with Crippen molar-refractivity contribution in [2.45, 2.75) is 0 Å². The van der Waals surface area contributed by atoms with Gasteiger partial charge in [0.25, 0.3) is 0 Å². The lowest BCUT2D eigenvalue weighted by Gasteiger charge is -1.91. The van der Waals surface area contributed by atoms with Gasteiger partial charge < -0.3 is 0 Å². The molecular weight excluding hydrogens is 276 g/mol. The minimum atomic E-state index is -3.75. The maximum absolute atomic E-state index is 10.5. The standard InChI is InChI=1S/C8H4BrClO2S/c9-8-4-2-1-3-7(8)5-6-13(10,11)12/h1-4H. The van der Waals surface area contributed by atoms with E-state index in [1.54, 1.807) is 18.2 Å². The Bertz CT molecular complexity index is 470. The van der Waals surface area contributed by atoms with Gasteiger partial charge in [-0.05, 0) is 34.0 Å². The maximum Gasteiger partial charge on any atom is 0.301 e. The molecule has 0 bridgehead atoms. The van der Waals surface area contributed by atoms with Crippen LogP contribution < -0.4 is 0 Å². The van der Waals surface area contributed by atoms with Crippen LogP contribution in [-0.4, -0.2) is 8.42 Å². The van der Waals surface area contributed by atoms with Gasteiger partial charge in [-0.25, -0.2) is 0 Å². The molecule has 0 atom stereocenters. The Morgan fingerprint density at radius 1 is 1.31 bits per heavy atom. The van der Waals surface area contributed by atoms with Crippen LogP contribution in [0.3, 0.4) is 0 Å². The van der Waals surface area contributed by atoms with E-state index in [0.717, 1.165) is 4.47 Å². The molecule has 0 fully saturated rings. The summed E-state index contributed by atoms with van der Waals surface area (Å²) in [6.07, 6.45) is 0. The molecule has 0 aliphatic carbocycles. The van der Waals surface area contributed by atoms with E-state index < -0.39 is 9.05 Å². The molecule has 1 aromatic rings.